The number of aromatic nitrogens is 3. The molecule has 2 heterocycles. The zero-order valence-corrected chi connectivity index (χ0v) is 10.9. The van der Waals surface area contributed by atoms with E-state index in [0.717, 1.165) is 11.4 Å². The predicted molar refractivity (Wildman–Crippen MR) is 75.3 cm³/mol. The Morgan fingerprint density at radius 3 is 2.75 bits per heavy atom. The lowest BCUT2D eigenvalue weighted by atomic mass is 10.2. The molecule has 0 bridgehead atoms. The molecule has 2 aromatic heterocycles. The molecule has 20 heavy (non-hydrogen) atoms. The van der Waals surface area contributed by atoms with Crippen molar-refractivity contribution in [3.63, 3.8) is 0 Å². The number of rotatable bonds is 6. The lowest BCUT2D eigenvalue weighted by Gasteiger charge is -2.23. The van der Waals surface area contributed by atoms with Crippen molar-refractivity contribution in [1.29, 1.82) is 0 Å². The Kier molecular flexibility index (Phi) is 4.82. The van der Waals surface area contributed by atoms with Crippen LogP contribution in [0, 0.1) is 0 Å². The molecule has 0 aliphatic heterocycles. The van der Waals surface area contributed by atoms with Crippen LogP contribution in [0.25, 0.3) is 0 Å². The fraction of sp³-hybridized carbons (Fsp3) is 0.231. The fourth-order valence-electron chi connectivity index (χ4n) is 1.74. The van der Waals surface area contributed by atoms with Gasteiger partial charge in [0.05, 0.1) is 6.20 Å². The van der Waals surface area contributed by atoms with Crippen LogP contribution in [0.3, 0.4) is 0 Å². The van der Waals surface area contributed by atoms with Crippen molar-refractivity contribution in [2.24, 2.45) is 10.9 Å². The summed E-state index contributed by atoms with van der Waals surface area (Å²) in [5.41, 5.74) is 6.57. The zero-order chi connectivity index (χ0) is 14.2. The van der Waals surface area contributed by atoms with Gasteiger partial charge in [-0.3, -0.25) is 9.97 Å². The van der Waals surface area contributed by atoms with Gasteiger partial charge in [0, 0.05) is 44.3 Å². The summed E-state index contributed by atoms with van der Waals surface area (Å²) in [5, 5.41) is 11.6. The Morgan fingerprint density at radius 2 is 2.10 bits per heavy atom. The van der Waals surface area contributed by atoms with E-state index in [-0.39, 0.29) is 5.84 Å². The van der Waals surface area contributed by atoms with Gasteiger partial charge >= 0.3 is 0 Å². The molecule has 104 valence electrons. The minimum absolute atomic E-state index is 0.185. The third-order valence-corrected chi connectivity index (χ3v) is 2.74. The van der Waals surface area contributed by atoms with Crippen molar-refractivity contribution < 1.29 is 5.21 Å². The van der Waals surface area contributed by atoms with Crippen molar-refractivity contribution >= 4 is 11.7 Å². The van der Waals surface area contributed by atoms with Crippen LogP contribution in [0.15, 0.2) is 48.3 Å². The standard InChI is InChI=1S/C13H16N6O/c14-12(18-20)3-7-19(13-9-16-5-6-17-13)10-11-2-1-4-15-8-11/h1-2,4-6,8-9,20H,3,7,10H2,(H2,14,18). The van der Waals surface area contributed by atoms with Gasteiger partial charge in [-0.2, -0.15) is 0 Å². The summed E-state index contributed by atoms with van der Waals surface area (Å²) in [4.78, 5) is 14.4. The van der Waals surface area contributed by atoms with Crippen LogP contribution in [-0.4, -0.2) is 32.5 Å². The molecule has 2 rings (SSSR count). The molecule has 0 radical (unpaired) electrons. The predicted octanol–water partition coefficient (Wildman–Crippen LogP) is 1.01. The van der Waals surface area contributed by atoms with E-state index in [2.05, 4.69) is 20.1 Å². The van der Waals surface area contributed by atoms with Gasteiger partial charge in [0.2, 0.25) is 0 Å². The van der Waals surface area contributed by atoms with E-state index in [0.29, 0.717) is 19.5 Å². The lowest BCUT2D eigenvalue weighted by molar-refractivity contribution is 0.317. The zero-order valence-electron chi connectivity index (χ0n) is 10.9. The normalized spacial score (nSPS) is 11.3. The topological polar surface area (TPSA) is 101 Å². The molecule has 0 unspecified atom stereocenters. The van der Waals surface area contributed by atoms with Gasteiger partial charge in [-0.25, -0.2) is 4.98 Å². The molecule has 0 saturated heterocycles. The van der Waals surface area contributed by atoms with Crippen LogP contribution >= 0.6 is 0 Å². The van der Waals surface area contributed by atoms with Crippen molar-refractivity contribution in [2.75, 3.05) is 11.4 Å². The van der Waals surface area contributed by atoms with Gasteiger partial charge < -0.3 is 15.8 Å². The average molecular weight is 272 g/mol. The molecule has 7 nitrogen and oxygen atoms in total. The van der Waals surface area contributed by atoms with Gasteiger partial charge in [0.15, 0.2) is 0 Å². The van der Waals surface area contributed by atoms with E-state index < -0.39 is 0 Å². The molecule has 0 atom stereocenters. The summed E-state index contributed by atoms with van der Waals surface area (Å²) in [6.07, 6.45) is 8.90. The van der Waals surface area contributed by atoms with Crippen LogP contribution in [0.4, 0.5) is 5.82 Å². The molecule has 0 spiro atoms. The average Bonchev–Trinajstić information content (AvgIpc) is 2.53. The maximum Gasteiger partial charge on any atom is 0.147 e. The van der Waals surface area contributed by atoms with E-state index >= 15 is 0 Å². The lowest BCUT2D eigenvalue weighted by Crippen LogP contribution is -2.28. The quantitative estimate of drug-likeness (QED) is 0.352. The Balaban J connectivity index is 2.12. The number of oxime groups is 1. The van der Waals surface area contributed by atoms with E-state index in [1.165, 1.54) is 0 Å². The second kappa shape index (κ2) is 7.03. The molecule has 3 N–H and O–H groups in total. The van der Waals surface area contributed by atoms with Crippen molar-refractivity contribution in [1.82, 2.24) is 15.0 Å². The number of hydrogen-bond acceptors (Lipinski definition) is 6. The summed E-state index contributed by atoms with van der Waals surface area (Å²) < 4.78 is 0. The Bertz CT molecular complexity index is 545. The molecule has 0 aliphatic carbocycles. The second-order valence-electron chi connectivity index (χ2n) is 4.19. The maximum atomic E-state index is 8.61. The van der Waals surface area contributed by atoms with Gasteiger partial charge in [-0.15, -0.1) is 0 Å². The summed E-state index contributed by atoms with van der Waals surface area (Å²) in [6, 6.07) is 3.87. The maximum absolute atomic E-state index is 8.61. The third kappa shape index (κ3) is 3.91. The van der Waals surface area contributed by atoms with Gasteiger partial charge in [0.1, 0.15) is 11.7 Å². The van der Waals surface area contributed by atoms with Crippen molar-refractivity contribution in [3.8, 4) is 0 Å². The molecule has 0 fully saturated rings. The minimum atomic E-state index is 0.185. The molecule has 2 aromatic rings. The molecular formula is C13H16N6O. The van der Waals surface area contributed by atoms with Crippen molar-refractivity contribution in [2.45, 2.75) is 13.0 Å². The number of anilines is 1. The summed E-state index contributed by atoms with van der Waals surface area (Å²) >= 11 is 0. The molecule has 0 aliphatic rings. The number of pyridine rings is 1. The van der Waals surface area contributed by atoms with Crippen LogP contribution in [0.1, 0.15) is 12.0 Å². The first-order valence-corrected chi connectivity index (χ1v) is 6.16. The molecule has 0 saturated carbocycles. The van der Waals surface area contributed by atoms with Crippen LogP contribution in [-0.2, 0) is 6.54 Å². The highest BCUT2D eigenvalue weighted by molar-refractivity contribution is 5.80. The highest BCUT2D eigenvalue weighted by atomic mass is 16.4. The van der Waals surface area contributed by atoms with E-state index in [1.807, 2.05) is 17.0 Å². The number of nitrogens with zero attached hydrogens (tertiary/aromatic N) is 5. The van der Waals surface area contributed by atoms with E-state index in [9.17, 15) is 0 Å². The Labute approximate surface area is 116 Å². The minimum Gasteiger partial charge on any atom is -0.409 e. The van der Waals surface area contributed by atoms with Crippen molar-refractivity contribution in [3.05, 3.63) is 48.7 Å². The second-order valence-corrected chi connectivity index (χ2v) is 4.19. The molecule has 0 aromatic carbocycles. The van der Waals surface area contributed by atoms with E-state index in [1.54, 1.807) is 31.0 Å². The molecular weight excluding hydrogens is 256 g/mol. The smallest absolute Gasteiger partial charge is 0.147 e. The first kappa shape index (κ1) is 13.7. The van der Waals surface area contributed by atoms with Crippen LogP contribution in [0.2, 0.25) is 0 Å². The summed E-state index contributed by atoms with van der Waals surface area (Å²) in [6.45, 7) is 1.20. The fourth-order valence-corrected chi connectivity index (χ4v) is 1.74. The monoisotopic (exact) mass is 272 g/mol. The third-order valence-electron chi connectivity index (χ3n) is 2.74. The van der Waals surface area contributed by atoms with Gasteiger partial charge in [0.25, 0.3) is 0 Å². The van der Waals surface area contributed by atoms with Gasteiger partial charge in [-0.1, -0.05) is 11.2 Å². The number of nitrogens with two attached hydrogens (primary N) is 1. The largest absolute Gasteiger partial charge is 0.409 e. The summed E-state index contributed by atoms with van der Waals surface area (Å²) in [5.74, 6) is 0.923. The van der Waals surface area contributed by atoms with E-state index in [4.69, 9.17) is 10.9 Å². The highest BCUT2D eigenvalue weighted by Gasteiger charge is 2.10. The highest BCUT2D eigenvalue weighted by Crippen LogP contribution is 2.12. The Hall–Kier alpha value is -2.70. The van der Waals surface area contributed by atoms with Crippen LogP contribution in [0.5, 0.6) is 0 Å². The first-order chi connectivity index (χ1) is 9.79. The Morgan fingerprint density at radius 1 is 1.25 bits per heavy atom. The first-order valence-electron chi connectivity index (χ1n) is 6.16. The number of amidine groups is 1. The molecule has 0 amide bonds. The van der Waals surface area contributed by atoms with Gasteiger partial charge in [-0.05, 0) is 11.6 Å². The SMILES string of the molecule is N/C(CCN(Cc1cccnc1)c1cnccn1)=N\O. The summed E-state index contributed by atoms with van der Waals surface area (Å²) in [7, 11) is 0. The van der Waals surface area contributed by atoms with Crippen LogP contribution < -0.4 is 10.6 Å². The number of hydrogen-bond donors (Lipinski definition) is 2. The molecule has 7 heteroatoms.